The zero-order valence-corrected chi connectivity index (χ0v) is 16.1. The molecule has 0 saturated heterocycles. The highest BCUT2D eigenvalue weighted by Gasteiger charge is 2.32. The molecule has 2 aromatic carbocycles. The summed E-state index contributed by atoms with van der Waals surface area (Å²) < 4.78 is 38.9. The maximum atomic E-state index is 13.0. The smallest absolute Gasteiger partial charge is 0.351 e. The molecule has 0 unspecified atom stereocenters. The molecule has 8 heteroatoms. The molecular formula is C20H19F3N2O2S. The number of nitrogens with one attached hydrogen (secondary N) is 2. The molecule has 3 rings (SSSR count). The maximum Gasteiger partial charge on any atom is 0.416 e. The van der Waals surface area contributed by atoms with E-state index in [0.29, 0.717) is 22.6 Å². The average molecular weight is 408 g/mol. The van der Waals surface area contributed by atoms with Crippen molar-refractivity contribution in [3.8, 4) is 0 Å². The first-order chi connectivity index (χ1) is 13.1. The number of fused-ring (bicyclic) bond motifs is 1. The van der Waals surface area contributed by atoms with Crippen molar-refractivity contribution in [3.05, 3.63) is 59.2 Å². The van der Waals surface area contributed by atoms with Gasteiger partial charge < -0.3 is 10.6 Å². The molecule has 0 saturated carbocycles. The van der Waals surface area contributed by atoms with Crippen molar-refractivity contribution in [2.24, 2.45) is 0 Å². The number of carbonyl (C=O) groups is 2. The maximum absolute atomic E-state index is 13.0. The van der Waals surface area contributed by atoms with Gasteiger partial charge in [0.2, 0.25) is 5.91 Å². The number of anilines is 1. The first-order valence-corrected chi connectivity index (χ1v) is 9.57. The van der Waals surface area contributed by atoms with Gasteiger partial charge in [-0.15, -0.1) is 11.8 Å². The fourth-order valence-corrected chi connectivity index (χ4v) is 3.63. The van der Waals surface area contributed by atoms with Crippen LogP contribution in [0.25, 0.3) is 0 Å². The predicted octanol–water partition coefficient (Wildman–Crippen LogP) is 4.46. The van der Waals surface area contributed by atoms with Crippen molar-refractivity contribution >= 4 is 29.3 Å². The van der Waals surface area contributed by atoms with Crippen LogP contribution in [0.4, 0.5) is 18.9 Å². The molecule has 2 amide bonds. The van der Waals surface area contributed by atoms with E-state index in [1.54, 1.807) is 38.1 Å². The Kier molecular flexibility index (Phi) is 5.43. The minimum absolute atomic E-state index is 0.124. The number of thioether (sulfide) groups is 1. The van der Waals surface area contributed by atoms with Crippen LogP contribution >= 0.6 is 11.8 Å². The number of hydrogen-bond donors (Lipinski definition) is 2. The van der Waals surface area contributed by atoms with Crippen LogP contribution in [0.2, 0.25) is 0 Å². The van der Waals surface area contributed by atoms with Gasteiger partial charge in [-0.3, -0.25) is 9.59 Å². The predicted molar refractivity (Wildman–Crippen MR) is 103 cm³/mol. The third kappa shape index (κ3) is 4.49. The zero-order valence-electron chi connectivity index (χ0n) is 15.3. The molecule has 0 aliphatic carbocycles. The minimum atomic E-state index is -4.42. The molecule has 28 heavy (non-hydrogen) atoms. The molecule has 0 bridgehead atoms. The molecule has 0 atom stereocenters. The van der Waals surface area contributed by atoms with Crippen molar-refractivity contribution in [3.63, 3.8) is 0 Å². The molecule has 1 aliphatic rings. The number of rotatable bonds is 4. The lowest BCUT2D eigenvalue weighted by atomic mass is 9.83. The fourth-order valence-electron chi connectivity index (χ4n) is 2.85. The Bertz CT molecular complexity index is 926. The number of carbonyl (C=O) groups excluding carboxylic acids is 2. The molecule has 0 aromatic heterocycles. The van der Waals surface area contributed by atoms with Gasteiger partial charge >= 0.3 is 6.18 Å². The largest absolute Gasteiger partial charge is 0.416 e. The zero-order chi connectivity index (χ0) is 20.5. The Labute approximate surface area is 164 Å². The summed E-state index contributed by atoms with van der Waals surface area (Å²) in [4.78, 5) is 24.9. The van der Waals surface area contributed by atoms with Crippen molar-refractivity contribution in [2.75, 3.05) is 17.6 Å². The first kappa shape index (κ1) is 20.3. The van der Waals surface area contributed by atoms with Crippen LogP contribution in [0, 0.1) is 0 Å². The lowest BCUT2D eigenvalue weighted by molar-refractivity contribution is -0.137. The number of amides is 2. The molecule has 2 N–H and O–H groups in total. The van der Waals surface area contributed by atoms with Crippen LogP contribution in [0.15, 0.2) is 47.4 Å². The van der Waals surface area contributed by atoms with Crippen molar-refractivity contribution in [1.82, 2.24) is 5.32 Å². The van der Waals surface area contributed by atoms with Crippen LogP contribution < -0.4 is 10.6 Å². The molecule has 1 heterocycles. The van der Waals surface area contributed by atoms with E-state index in [4.69, 9.17) is 0 Å². The van der Waals surface area contributed by atoms with E-state index in [1.807, 2.05) is 0 Å². The number of hydrogen-bond acceptors (Lipinski definition) is 3. The van der Waals surface area contributed by atoms with Crippen LogP contribution in [-0.2, 0) is 16.4 Å². The van der Waals surface area contributed by atoms with Crippen molar-refractivity contribution in [1.29, 1.82) is 0 Å². The summed E-state index contributed by atoms with van der Waals surface area (Å²) in [5.74, 6) is -0.141. The summed E-state index contributed by atoms with van der Waals surface area (Å²) in [6, 6.07) is 10.2. The lowest BCUT2D eigenvalue weighted by Crippen LogP contribution is -2.37. The molecule has 1 aliphatic heterocycles. The normalized spacial score (nSPS) is 14.2. The Morgan fingerprint density at radius 1 is 1.14 bits per heavy atom. The first-order valence-electron chi connectivity index (χ1n) is 8.59. The van der Waals surface area contributed by atoms with Gasteiger partial charge in [0.25, 0.3) is 5.91 Å². The summed E-state index contributed by atoms with van der Waals surface area (Å²) >= 11 is 1.40. The van der Waals surface area contributed by atoms with E-state index in [-0.39, 0.29) is 18.4 Å². The average Bonchev–Trinajstić information content (AvgIpc) is 2.65. The Morgan fingerprint density at radius 3 is 2.57 bits per heavy atom. The summed E-state index contributed by atoms with van der Waals surface area (Å²) in [6.45, 7) is 3.70. The second-order valence-corrected chi connectivity index (χ2v) is 8.21. The second kappa shape index (κ2) is 7.50. The van der Waals surface area contributed by atoms with E-state index < -0.39 is 17.2 Å². The number of benzene rings is 2. The van der Waals surface area contributed by atoms with E-state index >= 15 is 0 Å². The van der Waals surface area contributed by atoms with E-state index in [0.717, 1.165) is 17.0 Å². The molecule has 2 aromatic rings. The molecular weight excluding hydrogens is 389 g/mol. The second-order valence-electron chi connectivity index (χ2n) is 7.19. The van der Waals surface area contributed by atoms with Crippen molar-refractivity contribution < 1.29 is 22.8 Å². The highest BCUT2D eigenvalue weighted by molar-refractivity contribution is 8.00. The van der Waals surface area contributed by atoms with Gasteiger partial charge in [0, 0.05) is 22.4 Å². The van der Waals surface area contributed by atoms with Crippen molar-refractivity contribution in [2.45, 2.75) is 30.3 Å². The lowest BCUT2D eigenvalue weighted by Gasteiger charge is -2.26. The highest BCUT2D eigenvalue weighted by atomic mass is 32.2. The summed E-state index contributed by atoms with van der Waals surface area (Å²) in [6.07, 6.45) is -4.42. The Balaban J connectivity index is 1.72. The van der Waals surface area contributed by atoms with E-state index in [9.17, 15) is 22.8 Å². The van der Waals surface area contributed by atoms with Crippen LogP contribution in [0.3, 0.4) is 0 Å². The van der Waals surface area contributed by atoms with Gasteiger partial charge in [-0.05, 0) is 29.8 Å². The van der Waals surface area contributed by atoms with Gasteiger partial charge in [-0.25, -0.2) is 0 Å². The quantitative estimate of drug-likeness (QED) is 0.786. The monoisotopic (exact) mass is 408 g/mol. The topological polar surface area (TPSA) is 58.2 Å². The molecule has 0 fully saturated rings. The number of alkyl halides is 3. The molecule has 0 radical (unpaired) electrons. The van der Waals surface area contributed by atoms with Crippen LogP contribution in [-0.4, -0.2) is 24.1 Å². The highest BCUT2D eigenvalue weighted by Crippen LogP contribution is 2.33. The van der Waals surface area contributed by atoms with Crippen LogP contribution in [0.1, 0.15) is 35.3 Å². The fraction of sp³-hybridized carbons (Fsp3) is 0.300. The third-order valence-corrected chi connectivity index (χ3v) is 5.61. The summed E-state index contributed by atoms with van der Waals surface area (Å²) in [5, 5.41) is 5.50. The Morgan fingerprint density at radius 2 is 1.86 bits per heavy atom. The summed E-state index contributed by atoms with van der Waals surface area (Å²) in [5.41, 5.74) is 0.0337. The van der Waals surface area contributed by atoms with Crippen LogP contribution in [0.5, 0.6) is 0 Å². The third-order valence-electron chi connectivity index (χ3n) is 4.54. The molecule has 148 valence electrons. The van der Waals surface area contributed by atoms with Gasteiger partial charge in [-0.2, -0.15) is 13.2 Å². The summed E-state index contributed by atoms with van der Waals surface area (Å²) in [7, 11) is 0. The van der Waals surface area contributed by atoms with Gasteiger partial charge in [0.1, 0.15) is 0 Å². The SMILES string of the molecule is CC(C)(CNC(=O)c1ccc2c(c1)NC(=O)CS2)c1cccc(C(F)(F)F)c1. The number of halogens is 3. The van der Waals surface area contributed by atoms with E-state index in [1.165, 1.54) is 17.8 Å². The Hall–Kier alpha value is -2.48. The van der Waals surface area contributed by atoms with Gasteiger partial charge in [0.05, 0.1) is 17.0 Å². The van der Waals surface area contributed by atoms with Gasteiger partial charge in [0.15, 0.2) is 0 Å². The van der Waals surface area contributed by atoms with E-state index in [2.05, 4.69) is 10.6 Å². The van der Waals surface area contributed by atoms with Gasteiger partial charge in [-0.1, -0.05) is 32.0 Å². The molecule has 4 nitrogen and oxygen atoms in total. The molecule has 0 spiro atoms. The minimum Gasteiger partial charge on any atom is -0.351 e. The standard InChI is InChI=1S/C20H19F3N2O2S/c1-19(2,13-4-3-5-14(9-13)20(21,22)23)11-24-18(27)12-6-7-16-15(8-12)25-17(26)10-28-16/h3-9H,10-11H2,1-2H3,(H,24,27)(H,25,26).